The fraction of sp³-hybridized carbons (Fsp3) is 0.923. The minimum Gasteiger partial charge on any atom is -0.355 e. The smallest absolute Gasteiger partial charge is 0.220 e. The lowest BCUT2D eigenvalue weighted by Crippen LogP contribution is -2.32. The summed E-state index contributed by atoms with van der Waals surface area (Å²) in [6.45, 7) is 7.07. The third-order valence-corrected chi connectivity index (χ3v) is 4.59. The molecule has 1 unspecified atom stereocenters. The lowest BCUT2D eigenvalue weighted by Gasteiger charge is -2.17. The van der Waals surface area contributed by atoms with E-state index in [0.717, 1.165) is 32.2 Å². The van der Waals surface area contributed by atoms with Crippen molar-refractivity contribution in [1.82, 2.24) is 5.32 Å². The van der Waals surface area contributed by atoms with E-state index in [2.05, 4.69) is 5.32 Å². The van der Waals surface area contributed by atoms with Crippen LogP contribution in [0.4, 0.5) is 0 Å². The van der Waals surface area contributed by atoms with Crippen LogP contribution in [0.5, 0.6) is 0 Å². The molecule has 0 saturated carbocycles. The van der Waals surface area contributed by atoms with E-state index >= 15 is 0 Å². The first kappa shape index (κ1) is 17.6. The van der Waals surface area contributed by atoms with Crippen molar-refractivity contribution in [2.75, 3.05) is 18.8 Å². The molecule has 0 aromatic heterocycles. The van der Waals surface area contributed by atoms with E-state index in [1.807, 2.05) is 20.8 Å². The standard InChI is InChI=1S/C13H28N2O2S/c1-13(2,3)18(17)11-10-15-12(16)8-6-4-5-7-9-14/h4-11,14H2,1-3H3,(H,15,16). The summed E-state index contributed by atoms with van der Waals surface area (Å²) in [7, 11) is -0.892. The van der Waals surface area contributed by atoms with E-state index in [1.54, 1.807) is 0 Å². The number of amides is 1. The van der Waals surface area contributed by atoms with Crippen molar-refractivity contribution in [2.24, 2.45) is 5.73 Å². The summed E-state index contributed by atoms with van der Waals surface area (Å²) < 4.78 is 11.5. The average molecular weight is 276 g/mol. The maximum absolute atomic E-state index is 11.7. The third-order valence-electron chi connectivity index (χ3n) is 2.65. The van der Waals surface area contributed by atoms with Gasteiger partial charge in [-0.3, -0.25) is 9.00 Å². The Morgan fingerprint density at radius 1 is 1.17 bits per heavy atom. The SMILES string of the molecule is CC(C)(C)S(=O)CCNC(=O)CCCCCCN. The molecule has 0 fully saturated rings. The van der Waals surface area contributed by atoms with E-state index in [1.165, 1.54) is 0 Å². The second-order valence-corrected chi connectivity index (χ2v) is 7.79. The zero-order chi connectivity index (χ0) is 14.0. The molecule has 0 heterocycles. The Hall–Kier alpha value is -0.420. The fourth-order valence-corrected chi connectivity index (χ4v) is 2.36. The second-order valence-electron chi connectivity index (χ2n) is 5.46. The Balaban J connectivity index is 3.51. The molecule has 1 amide bonds. The van der Waals surface area contributed by atoms with E-state index in [0.29, 0.717) is 18.7 Å². The van der Waals surface area contributed by atoms with Gasteiger partial charge in [-0.05, 0) is 40.2 Å². The van der Waals surface area contributed by atoms with E-state index in [9.17, 15) is 9.00 Å². The van der Waals surface area contributed by atoms with Gasteiger partial charge in [-0.15, -0.1) is 0 Å². The number of hydrogen-bond donors (Lipinski definition) is 2. The highest BCUT2D eigenvalue weighted by Crippen LogP contribution is 2.10. The van der Waals surface area contributed by atoms with Crippen molar-refractivity contribution in [3.8, 4) is 0 Å². The third kappa shape index (κ3) is 9.59. The number of carbonyl (C=O) groups excluding carboxylic acids is 1. The molecule has 0 aromatic rings. The van der Waals surface area contributed by atoms with Crippen LogP contribution in [0.3, 0.4) is 0 Å². The molecule has 18 heavy (non-hydrogen) atoms. The van der Waals surface area contributed by atoms with Crippen LogP contribution in [0.2, 0.25) is 0 Å². The number of hydrogen-bond acceptors (Lipinski definition) is 3. The van der Waals surface area contributed by atoms with Crippen LogP contribution in [0.15, 0.2) is 0 Å². The van der Waals surface area contributed by atoms with Crippen LogP contribution in [-0.2, 0) is 15.6 Å². The summed E-state index contributed by atoms with van der Waals surface area (Å²) in [6.07, 6.45) is 4.66. The monoisotopic (exact) mass is 276 g/mol. The Morgan fingerprint density at radius 2 is 1.78 bits per heavy atom. The predicted octanol–water partition coefficient (Wildman–Crippen LogP) is 1.56. The minimum absolute atomic E-state index is 0.0636. The molecule has 0 rings (SSSR count). The summed E-state index contributed by atoms with van der Waals surface area (Å²) >= 11 is 0. The lowest BCUT2D eigenvalue weighted by atomic mass is 10.1. The first-order chi connectivity index (χ1) is 8.38. The van der Waals surface area contributed by atoms with Gasteiger partial charge in [0.15, 0.2) is 0 Å². The van der Waals surface area contributed by atoms with Gasteiger partial charge in [0.05, 0.1) is 0 Å². The summed E-state index contributed by atoms with van der Waals surface area (Å²) in [4.78, 5) is 11.5. The van der Waals surface area contributed by atoms with Crippen LogP contribution in [-0.4, -0.2) is 33.7 Å². The van der Waals surface area contributed by atoms with Crippen molar-refractivity contribution in [1.29, 1.82) is 0 Å². The van der Waals surface area contributed by atoms with Crippen molar-refractivity contribution in [3.05, 3.63) is 0 Å². The maximum atomic E-state index is 11.7. The van der Waals surface area contributed by atoms with Crippen molar-refractivity contribution < 1.29 is 9.00 Å². The molecule has 0 spiro atoms. The number of nitrogens with two attached hydrogens (primary N) is 1. The topological polar surface area (TPSA) is 72.2 Å². The van der Waals surface area contributed by atoms with Gasteiger partial charge in [-0.2, -0.15) is 0 Å². The zero-order valence-corrected chi connectivity index (χ0v) is 12.8. The van der Waals surface area contributed by atoms with Crippen LogP contribution >= 0.6 is 0 Å². The quantitative estimate of drug-likeness (QED) is 0.628. The van der Waals surface area contributed by atoms with Gasteiger partial charge in [0.2, 0.25) is 5.91 Å². The molecule has 3 N–H and O–H groups in total. The Bertz CT molecular complexity index is 262. The van der Waals surface area contributed by atoms with E-state index in [-0.39, 0.29) is 10.7 Å². The molecular formula is C13H28N2O2S. The number of nitrogens with one attached hydrogen (secondary N) is 1. The van der Waals surface area contributed by atoms with E-state index < -0.39 is 10.8 Å². The molecule has 0 aliphatic rings. The normalized spacial score (nSPS) is 13.3. The highest BCUT2D eigenvalue weighted by Gasteiger charge is 2.18. The van der Waals surface area contributed by atoms with Crippen molar-refractivity contribution in [3.63, 3.8) is 0 Å². The van der Waals surface area contributed by atoms with Gasteiger partial charge in [-0.25, -0.2) is 0 Å². The van der Waals surface area contributed by atoms with Crippen LogP contribution in [0, 0.1) is 0 Å². The summed E-state index contributed by atoms with van der Waals surface area (Å²) in [5, 5.41) is 2.82. The molecule has 108 valence electrons. The summed E-state index contributed by atoms with van der Waals surface area (Å²) in [6, 6.07) is 0. The second kappa shape index (κ2) is 9.50. The molecule has 0 aromatic carbocycles. The highest BCUT2D eigenvalue weighted by atomic mass is 32.2. The van der Waals surface area contributed by atoms with Gasteiger partial charge < -0.3 is 11.1 Å². The van der Waals surface area contributed by atoms with Gasteiger partial charge in [0.25, 0.3) is 0 Å². The van der Waals surface area contributed by atoms with Crippen LogP contribution < -0.4 is 11.1 Å². The zero-order valence-electron chi connectivity index (χ0n) is 12.0. The van der Waals surface area contributed by atoms with E-state index in [4.69, 9.17) is 5.73 Å². The molecule has 0 aliphatic heterocycles. The first-order valence-electron chi connectivity index (χ1n) is 6.73. The number of unbranched alkanes of at least 4 members (excludes halogenated alkanes) is 3. The molecule has 0 radical (unpaired) electrons. The van der Waals surface area contributed by atoms with Crippen molar-refractivity contribution in [2.45, 2.75) is 57.6 Å². The Labute approximate surface area is 114 Å². The fourth-order valence-electron chi connectivity index (χ4n) is 1.46. The van der Waals surface area contributed by atoms with Crippen LogP contribution in [0.25, 0.3) is 0 Å². The van der Waals surface area contributed by atoms with Gasteiger partial charge >= 0.3 is 0 Å². The van der Waals surface area contributed by atoms with Crippen LogP contribution in [0.1, 0.15) is 52.9 Å². The highest BCUT2D eigenvalue weighted by molar-refractivity contribution is 7.86. The Kier molecular flexibility index (Phi) is 9.28. The molecule has 4 nitrogen and oxygen atoms in total. The largest absolute Gasteiger partial charge is 0.355 e. The first-order valence-corrected chi connectivity index (χ1v) is 8.05. The molecule has 5 heteroatoms. The molecule has 0 aliphatic carbocycles. The Morgan fingerprint density at radius 3 is 2.33 bits per heavy atom. The average Bonchev–Trinajstić information content (AvgIpc) is 2.27. The summed E-state index contributed by atoms with van der Waals surface area (Å²) in [5.41, 5.74) is 5.39. The summed E-state index contributed by atoms with van der Waals surface area (Å²) in [5.74, 6) is 0.594. The van der Waals surface area contributed by atoms with Gasteiger partial charge in [0, 0.05) is 34.3 Å². The number of carbonyl (C=O) groups is 1. The van der Waals surface area contributed by atoms with Gasteiger partial charge in [0.1, 0.15) is 0 Å². The maximum Gasteiger partial charge on any atom is 0.220 e. The molecule has 0 bridgehead atoms. The van der Waals surface area contributed by atoms with Gasteiger partial charge in [-0.1, -0.05) is 12.8 Å². The predicted molar refractivity (Wildman–Crippen MR) is 77.9 cm³/mol. The lowest BCUT2D eigenvalue weighted by molar-refractivity contribution is -0.121. The van der Waals surface area contributed by atoms with Crippen molar-refractivity contribution >= 4 is 16.7 Å². The molecule has 1 atom stereocenters. The number of rotatable bonds is 9. The molecular weight excluding hydrogens is 248 g/mol. The minimum atomic E-state index is -0.892. The molecule has 0 saturated heterocycles.